The van der Waals surface area contributed by atoms with E-state index in [0.29, 0.717) is 5.25 Å². The maximum absolute atomic E-state index is 4.76. The Bertz CT molecular complexity index is 266. The summed E-state index contributed by atoms with van der Waals surface area (Å²) in [6, 6.07) is 1.90. The Hall–Kier alpha value is -0.700. The zero-order chi connectivity index (χ0) is 7.68. The van der Waals surface area contributed by atoms with Gasteiger partial charge in [0.25, 0.3) is 0 Å². The summed E-state index contributed by atoms with van der Waals surface area (Å²) in [5, 5.41) is 4.56. The third-order valence-corrected chi connectivity index (χ3v) is 2.88. The third kappa shape index (κ3) is 1.33. The van der Waals surface area contributed by atoms with Gasteiger partial charge in [-0.05, 0) is 6.42 Å². The second kappa shape index (κ2) is 2.74. The van der Waals surface area contributed by atoms with Crippen molar-refractivity contribution < 1.29 is 4.52 Å². The lowest BCUT2D eigenvalue weighted by Crippen LogP contribution is -1.84. The van der Waals surface area contributed by atoms with Gasteiger partial charge in [0.2, 0.25) is 0 Å². The fraction of sp³-hybridized carbons (Fsp3) is 0.375. The van der Waals surface area contributed by atoms with Crippen LogP contribution in [0.15, 0.2) is 22.9 Å². The van der Waals surface area contributed by atoms with E-state index in [2.05, 4.69) is 18.2 Å². The van der Waals surface area contributed by atoms with E-state index in [0.717, 1.165) is 12.1 Å². The summed E-state index contributed by atoms with van der Waals surface area (Å²) in [7, 11) is 0. The highest BCUT2D eigenvalue weighted by Gasteiger charge is 2.15. The molecule has 1 aliphatic rings. The zero-order valence-corrected chi connectivity index (χ0v) is 7.10. The van der Waals surface area contributed by atoms with Crippen molar-refractivity contribution in [1.29, 1.82) is 0 Å². The van der Waals surface area contributed by atoms with Crippen LogP contribution in [0.4, 0.5) is 0 Å². The summed E-state index contributed by atoms with van der Waals surface area (Å²) >= 11 is 1.86. The van der Waals surface area contributed by atoms with Crippen molar-refractivity contribution in [3.8, 4) is 0 Å². The second-order valence-corrected chi connectivity index (χ2v) is 4.10. The molecule has 1 aliphatic heterocycles. The van der Waals surface area contributed by atoms with Crippen molar-refractivity contribution in [3.05, 3.63) is 24.1 Å². The minimum Gasteiger partial charge on any atom is -0.364 e. The molecule has 11 heavy (non-hydrogen) atoms. The Labute approximate surface area is 69.6 Å². The summed E-state index contributed by atoms with van der Waals surface area (Å²) in [5.41, 5.74) is 0.972. The molecule has 1 aromatic heterocycles. The lowest BCUT2D eigenvalue weighted by atomic mass is 10.3. The molecule has 0 aromatic carbocycles. The van der Waals surface area contributed by atoms with Gasteiger partial charge in [-0.2, -0.15) is 0 Å². The SMILES string of the molecule is CC1CC=C(c2ccon2)S1. The molecule has 2 heterocycles. The highest BCUT2D eigenvalue weighted by Crippen LogP contribution is 2.37. The molecule has 0 saturated carbocycles. The quantitative estimate of drug-likeness (QED) is 0.643. The molecule has 3 heteroatoms. The number of thioether (sulfide) groups is 1. The van der Waals surface area contributed by atoms with Gasteiger partial charge in [-0.25, -0.2) is 0 Å². The van der Waals surface area contributed by atoms with E-state index in [9.17, 15) is 0 Å². The van der Waals surface area contributed by atoms with Crippen LogP contribution in [0.5, 0.6) is 0 Å². The van der Waals surface area contributed by atoms with E-state index in [1.807, 2.05) is 17.8 Å². The Morgan fingerprint density at radius 3 is 3.18 bits per heavy atom. The molecule has 0 amide bonds. The standard InChI is InChI=1S/C8H9NOS/c1-6-2-3-8(11-6)7-4-5-10-9-7/h3-6H,2H2,1H3. The molecule has 0 bridgehead atoms. The van der Waals surface area contributed by atoms with Crippen LogP contribution < -0.4 is 0 Å². The Balaban J connectivity index is 2.19. The van der Waals surface area contributed by atoms with Gasteiger partial charge in [0.15, 0.2) is 0 Å². The smallest absolute Gasteiger partial charge is 0.124 e. The molecule has 1 atom stereocenters. The number of rotatable bonds is 1. The first-order valence-corrected chi connectivity index (χ1v) is 4.52. The van der Waals surface area contributed by atoms with E-state index in [1.165, 1.54) is 4.91 Å². The van der Waals surface area contributed by atoms with Gasteiger partial charge < -0.3 is 4.52 Å². The summed E-state index contributed by atoms with van der Waals surface area (Å²) in [5.74, 6) is 0. The van der Waals surface area contributed by atoms with Gasteiger partial charge in [-0.1, -0.05) is 18.2 Å². The summed E-state index contributed by atoms with van der Waals surface area (Å²) < 4.78 is 4.76. The largest absolute Gasteiger partial charge is 0.364 e. The molecule has 1 unspecified atom stereocenters. The van der Waals surface area contributed by atoms with Crippen LogP contribution >= 0.6 is 11.8 Å². The van der Waals surface area contributed by atoms with E-state index >= 15 is 0 Å². The van der Waals surface area contributed by atoms with Gasteiger partial charge in [0, 0.05) is 16.2 Å². The molecule has 0 spiro atoms. The van der Waals surface area contributed by atoms with Gasteiger partial charge in [0.1, 0.15) is 12.0 Å². The normalized spacial score (nSPS) is 23.7. The lowest BCUT2D eigenvalue weighted by Gasteiger charge is -1.98. The predicted molar refractivity (Wildman–Crippen MR) is 46.2 cm³/mol. The minimum atomic E-state index is 0.696. The van der Waals surface area contributed by atoms with Gasteiger partial charge >= 0.3 is 0 Å². The Morgan fingerprint density at radius 2 is 2.64 bits per heavy atom. The number of hydrogen-bond donors (Lipinski definition) is 0. The number of hydrogen-bond acceptors (Lipinski definition) is 3. The summed E-state index contributed by atoms with van der Waals surface area (Å²) in [6.07, 6.45) is 4.97. The molecular weight excluding hydrogens is 158 g/mol. The van der Waals surface area contributed by atoms with Crippen LogP contribution in [0, 0.1) is 0 Å². The van der Waals surface area contributed by atoms with Crippen LogP contribution in [0.3, 0.4) is 0 Å². The summed E-state index contributed by atoms with van der Waals surface area (Å²) in [4.78, 5) is 1.26. The van der Waals surface area contributed by atoms with Crippen LogP contribution in [0.1, 0.15) is 19.0 Å². The second-order valence-electron chi connectivity index (χ2n) is 2.62. The van der Waals surface area contributed by atoms with Gasteiger partial charge in [-0.3, -0.25) is 0 Å². The first-order chi connectivity index (χ1) is 5.36. The van der Waals surface area contributed by atoms with Crippen molar-refractivity contribution in [2.45, 2.75) is 18.6 Å². The van der Waals surface area contributed by atoms with E-state index in [4.69, 9.17) is 4.52 Å². The Morgan fingerprint density at radius 1 is 1.73 bits per heavy atom. The van der Waals surface area contributed by atoms with Crippen molar-refractivity contribution >= 4 is 16.7 Å². The van der Waals surface area contributed by atoms with Gasteiger partial charge in [0.05, 0.1) is 0 Å². The zero-order valence-electron chi connectivity index (χ0n) is 6.28. The average Bonchev–Trinajstić information content (AvgIpc) is 2.55. The van der Waals surface area contributed by atoms with Crippen LogP contribution in [-0.4, -0.2) is 10.4 Å². The lowest BCUT2D eigenvalue weighted by molar-refractivity contribution is 0.418. The van der Waals surface area contributed by atoms with Crippen molar-refractivity contribution in [2.24, 2.45) is 0 Å². The highest BCUT2D eigenvalue weighted by atomic mass is 32.2. The predicted octanol–water partition coefficient (Wildman–Crippen LogP) is 2.54. The van der Waals surface area contributed by atoms with Crippen molar-refractivity contribution in [1.82, 2.24) is 5.16 Å². The maximum atomic E-state index is 4.76. The molecule has 2 nitrogen and oxygen atoms in total. The summed E-state index contributed by atoms with van der Waals surface area (Å²) in [6.45, 7) is 2.22. The fourth-order valence-corrected chi connectivity index (χ4v) is 2.14. The molecule has 0 fully saturated rings. The topological polar surface area (TPSA) is 26.0 Å². The van der Waals surface area contributed by atoms with Crippen molar-refractivity contribution in [3.63, 3.8) is 0 Å². The van der Waals surface area contributed by atoms with Crippen LogP contribution in [-0.2, 0) is 0 Å². The van der Waals surface area contributed by atoms with Crippen LogP contribution in [0.2, 0.25) is 0 Å². The molecule has 2 rings (SSSR count). The average molecular weight is 167 g/mol. The van der Waals surface area contributed by atoms with E-state index in [1.54, 1.807) is 6.26 Å². The molecule has 0 saturated heterocycles. The minimum absolute atomic E-state index is 0.696. The molecule has 0 aliphatic carbocycles. The monoisotopic (exact) mass is 167 g/mol. The van der Waals surface area contributed by atoms with E-state index in [-0.39, 0.29) is 0 Å². The molecule has 0 radical (unpaired) electrons. The fourth-order valence-electron chi connectivity index (χ4n) is 1.09. The number of allylic oxidation sites excluding steroid dienone is 1. The van der Waals surface area contributed by atoms with Crippen LogP contribution in [0.25, 0.3) is 4.91 Å². The van der Waals surface area contributed by atoms with Gasteiger partial charge in [-0.15, -0.1) is 11.8 Å². The van der Waals surface area contributed by atoms with Crippen molar-refractivity contribution in [2.75, 3.05) is 0 Å². The molecule has 1 aromatic rings. The number of nitrogens with zero attached hydrogens (tertiary/aromatic N) is 1. The highest BCUT2D eigenvalue weighted by molar-refractivity contribution is 8.09. The number of aromatic nitrogens is 1. The Kier molecular flexibility index (Phi) is 1.74. The first-order valence-electron chi connectivity index (χ1n) is 3.64. The molecule has 58 valence electrons. The maximum Gasteiger partial charge on any atom is 0.124 e. The molecular formula is C8H9NOS. The first kappa shape index (κ1) is 6.98. The molecule has 0 N–H and O–H groups in total. The van der Waals surface area contributed by atoms with E-state index < -0.39 is 0 Å². The third-order valence-electron chi connectivity index (χ3n) is 1.65.